The second kappa shape index (κ2) is 3.69. The van der Waals surface area contributed by atoms with Gasteiger partial charge in [0.15, 0.2) is 0 Å². The van der Waals surface area contributed by atoms with Crippen molar-refractivity contribution < 1.29 is 4.79 Å². The van der Waals surface area contributed by atoms with Gasteiger partial charge < -0.3 is 0 Å². The molecule has 4 heteroatoms. The molecule has 0 spiro atoms. The molecule has 54 valence electrons. The highest BCUT2D eigenvalue weighted by Gasteiger charge is 1.99. The highest BCUT2D eigenvalue weighted by atomic mass is 35.5. The topological polar surface area (TPSA) is 42.9 Å². The van der Waals surface area contributed by atoms with Gasteiger partial charge in [-0.1, -0.05) is 0 Å². The Bertz CT molecular complexity index is 312. The molecule has 0 aliphatic heterocycles. The lowest BCUT2D eigenvalue weighted by atomic mass is 10.2. The van der Waals surface area contributed by atoms with Crippen molar-refractivity contribution >= 4 is 17.4 Å². The number of aromatic nitrogens is 2. The first kappa shape index (κ1) is 7.70. The fourth-order valence-corrected chi connectivity index (χ4v) is 0.617. The summed E-state index contributed by atoms with van der Waals surface area (Å²) >= 11 is 5.02. The number of hydrogen-bond donors (Lipinski definition) is 0. The van der Waals surface area contributed by atoms with E-state index in [-0.39, 0.29) is 5.78 Å². The first-order chi connectivity index (χ1) is 5.34. The Kier molecular flexibility index (Phi) is 2.59. The van der Waals surface area contributed by atoms with Crippen molar-refractivity contribution in [2.45, 2.75) is 0 Å². The summed E-state index contributed by atoms with van der Waals surface area (Å²) in [4.78, 5) is 18.2. The fraction of sp³-hybridized carbons (Fsp3) is 0. The quantitative estimate of drug-likeness (QED) is 0.459. The summed E-state index contributed by atoms with van der Waals surface area (Å²) in [6.45, 7) is 0. The molecule has 0 atom stereocenters. The zero-order valence-corrected chi connectivity index (χ0v) is 6.17. The molecule has 0 saturated carbocycles. The van der Waals surface area contributed by atoms with Gasteiger partial charge in [0.25, 0.3) is 0 Å². The van der Waals surface area contributed by atoms with Crippen LogP contribution in [0.3, 0.4) is 0 Å². The molecule has 11 heavy (non-hydrogen) atoms. The van der Waals surface area contributed by atoms with E-state index >= 15 is 0 Å². The van der Waals surface area contributed by atoms with Crippen molar-refractivity contribution in [3.63, 3.8) is 0 Å². The van der Waals surface area contributed by atoms with E-state index in [0.717, 1.165) is 0 Å². The summed E-state index contributed by atoms with van der Waals surface area (Å²) in [7, 11) is 0. The maximum absolute atomic E-state index is 10.9. The highest BCUT2D eigenvalue weighted by molar-refractivity contribution is 6.32. The van der Waals surface area contributed by atoms with E-state index in [4.69, 9.17) is 11.6 Å². The first-order valence-corrected chi connectivity index (χ1v) is 3.13. The molecule has 0 unspecified atom stereocenters. The Morgan fingerprint density at radius 3 is 2.64 bits per heavy atom. The third-order valence-electron chi connectivity index (χ3n) is 0.984. The van der Waals surface area contributed by atoms with Gasteiger partial charge in [-0.3, -0.25) is 4.79 Å². The Balaban J connectivity index is 2.92. The average molecular weight is 167 g/mol. The predicted molar refractivity (Wildman–Crippen MR) is 40.0 cm³/mol. The van der Waals surface area contributed by atoms with Crippen LogP contribution in [0.2, 0.25) is 0 Å². The normalized spacial score (nSPS) is 8.09. The third kappa shape index (κ3) is 2.03. The minimum Gasteiger partial charge on any atom is -0.279 e. The van der Waals surface area contributed by atoms with Crippen LogP contribution >= 0.6 is 11.6 Å². The van der Waals surface area contributed by atoms with Crippen LogP contribution in [0.1, 0.15) is 10.4 Å². The molecule has 1 rings (SSSR count). The summed E-state index contributed by atoms with van der Waals surface area (Å²) in [5, 5.41) is 1.98. The van der Waals surface area contributed by atoms with E-state index in [2.05, 4.69) is 15.9 Å². The van der Waals surface area contributed by atoms with Crippen LogP contribution in [0, 0.1) is 11.3 Å². The SMILES string of the molecule is O=C(C#CCl)c1cncnc1. The first-order valence-electron chi connectivity index (χ1n) is 2.75. The molecule has 0 aliphatic rings. The number of nitrogens with zero attached hydrogens (tertiary/aromatic N) is 2. The molecule has 0 bridgehead atoms. The summed E-state index contributed by atoms with van der Waals surface area (Å²) < 4.78 is 0. The van der Waals surface area contributed by atoms with Crippen LogP contribution in [0.25, 0.3) is 0 Å². The van der Waals surface area contributed by atoms with Crippen molar-refractivity contribution in [1.29, 1.82) is 0 Å². The maximum atomic E-state index is 10.9. The van der Waals surface area contributed by atoms with Crippen molar-refractivity contribution in [1.82, 2.24) is 9.97 Å². The van der Waals surface area contributed by atoms with Gasteiger partial charge in [0, 0.05) is 17.8 Å². The smallest absolute Gasteiger partial charge is 0.240 e. The second-order valence-electron chi connectivity index (χ2n) is 1.68. The van der Waals surface area contributed by atoms with Crippen LogP contribution in [0.15, 0.2) is 18.7 Å². The Morgan fingerprint density at radius 2 is 2.09 bits per heavy atom. The molecule has 1 heterocycles. The standard InChI is InChI=1S/C7H3ClN2O/c8-2-1-7(11)6-3-9-5-10-4-6/h3-5H. The number of ketones is 1. The predicted octanol–water partition coefficient (Wildman–Crippen LogP) is 0.859. The molecule has 0 saturated heterocycles. The average Bonchev–Trinajstić information content (AvgIpc) is 2.07. The van der Waals surface area contributed by atoms with Crippen LogP contribution in [-0.4, -0.2) is 15.8 Å². The van der Waals surface area contributed by atoms with Gasteiger partial charge in [0.2, 0.25) is 5.78 Å². The Morgan fingerprint density at radius 1 is 1.45 bits per heavy atom. The van der Waals surface area contributed by atoms with E-state index in [1.165, 1.54) is 18.7 Å². The van der Waals surface area contributed by atoms with Gasteiger partial charge in [-0.25, -0.2) is 9.97 Å². The second-order valence-corrected chi connectivity index (χ2v) is 1.86. The zero-order valence-electron chi connectivity index (χ0n) is 5.41. The van der Waals surface area contributed by atoms with Gasteiger partial charge in [0.1, 0.15) is 6.33 Å². The molecule has 0 radical (unpaired) electrons. The zero-order chi connectivity index (χ0) is 8.10. The van der Waals surface area contributed by atoms with E-state index in [9.17, 15) is 4.79 Å². The maximum Gasteiger partial charge on any atom is 0.240 e. The minimum absolute atomic E-state index is 0.348. The lowest BCUT2D eigenvalue weighted by Gasteiger charge is -1.87. The number of halogens is 1. The number of carbonyl (C=O) groups excluding carboxylic acids is 1. The van der Waals surface area contributed by atoms with Gasteiger partial charge in [0.05, 0.1) is 5.56 Å². The van der Waals surface area contributed by atoms with Gasteiger partial charge in [-0.2, -0.15) is 0 Å². The Labute approximate surface area is 68.4 Å². The van der Waals surface area contributed by atoms with Crippen LogP contribution in [0.4, 0.5) is 0 Å². The molecular weight excluding hydrogens is 164 g/mol. The van der Waals surface area contributed by atoms with Gasteiger partial charge in [-0.05, 0) is 17.5 Å². The number of Topliss-reactive ketones (excluding diaryl/α,β-unsaturated/α-hetero) is 1. The minimum atomic E-state index is -0.374. The van der Waals surface area contributed by atoms with E-state index in [1.807, 2.05) is 5.38 Å². The summed E-state index contributed by atoms with van der Waals surface area (Å²) in [6, 6.07) is 0. The number of hydrogen-bond acceptors (Lipinski definition) is 3. The lowest BCUT2D eigenvalue weighted by Crippen LogP contribution is -1.95. The molecule has 0 aliphatic carbocycles. The largest absolute Gasteiger partial charge is 0.279 e. The molecule has 1 aromatic heterocycles. The highest BCUT2D eigenvalue weighted by Crippen LogP contribution is 1.93. The summed E-state index contributed by atoms with van der Waals surface area (Å²) in [5.41, 5.74) is 0.348. The van der Waals surface area contributed by atoms with Crippen molar-refractivity contribution in [3.05, 3.63) is 24.3 Å². The summed E-state index contributed by atoms with van der Waals surface area (Å²) in [5.74, 6) is 1.78. The number of rotatable bonds is 1. The van der Waals surface area contributed by atoms with Gasteiger partial charge >= 0.3 is 0 Å². The van der Waals surface area contributed by atoms with E-state index in [1.54, 1.807) is 0 Å². The van der Waals surface area contributed by atoms with Crippen LogP contribution in [-0.2, 0) is 0 Å². The molecule has 3 nitrogen and oxygen atoms in total. The van der Waals surface area contributed by atoms with Crippen molar-refractivity contribution in [3.8, 4) is 11.3 Å². The van der Waals surface area contributed by atoms with E-state index in [0.29, 0.717) is 5.56 Å². The lowest BCUT2D eigenvalue weighted by molar-refractivity contribution is 0.105. The van der Waals surface area contributed by atoms with Gasteiger partial charge in [-0.15, -0.1) is 0 Å². The Hall–Kier alpha value is -1.40. The number of carbonyl (C=O) groups is 1. The molecule has 0 fully saturated rings. The molecule has 1 aromatic rings. The van der Waals surface area contributed by atoms with Crippen LogP contribution < -0.4 is 0 Å². The molecule has 0 aromatic carbocycles. The summed E-state index contributed by atoms with van der Waals surface area (Å²) in [6.07, 6.45) is 4.11. The van der Waals surface area contributed by atoms with Crippen molar-refractivity contribution in [2.24, 2.45) is 0 Å². The van der Waals surface area contributed by atoms with Crippen LogP contribution in [0.5, 0.6) is 0 Å². The molecular formula is C7H3ClN2O. The van der Waals surface area contributed by atoms with Crippen molar-refractivity contribution in [2.75, 3.05) is 0 Å². The monoisotopic (exact) mass is 166 g/mol. The molecule has 0 amide bonds. The molecule has 0 N–H and O–H groups in total. The third-order valence-corrected chi connectivity index (χ3v) is 1.08. The van der Waals surface area contributed by atoms with E-state index < -0.39 is 0 Å². The fourth-order valence-electron chi connectivity index (χ4n) is 0.531.